The molecule has 0 aliphatic heterocycles. The lowest BCUT2D eigenvalue weighted by Gasteiger charge is -2.04. The summed E-state index contributed by atoms with van der Waals surface area (Å²) in [6.07, 6.45) is 1.59. The van der Waals surface area contributed by atoms with Gasteiger partial charge in [-0.1, -0.05) is 0 Å². The number of hydrogen-bond donors (Lipinski definition) is 1. The van der Waals surface area contributed by atoms with Crippen molar-refractivity contribution in [2.24, 2.45) is 7.05 Å². The first kappa shape index (κ1) is 9.27. The van der Waals surface area contributed by atoms with Crippen LogP contribution in [0.4, 0.5) is 0 Å². The summed E-state index contributed by atoms with van der Waals surface area (Å²) < 4.78 is 2.24. The second kappa shape index (κ2) is 3.13. The molecular weight excluding hydrogens is 196 g/mol. The van der Waals surface area contributed by atoms with Gasteiger partial charge < -0.3 is 4.98 Å². The monoisotopic (exact) mass is 204 g/mol. The van der Waals surface area contributed by atoms with Crippen molar-refractivity contribution in [1.82, 2.24) is 14.1 Å². The molecule has 2 aromatic heterocycles. The van der Waals surface area contributed by atoms with E-state index in [0.29, 0.717) is 11.0 Å². The minimum Gasteiger partial charge on any atom is -0.355 e. The Morgan fingerprint density at radius 2 is 2.27 bits per heavy atom. The molecule has 2 rings (SSSR count). The second-order valence-electron chi connectivity index (χ2n) is 3.13. The van der Waals surface area contributed by atoms with Gasteiger partial charge in [-0.15, -0.1) is 0 Å². The van der Waals surface area contributed by atoms with Crippen LogP contribution in [0.15, 0.2) is 21.9 Å². The molecule has 2 heterocycles. The maximum absolute atomic E-state index is 11.7. The molecule has 0 spiro atoms. The van der Waals surface area contributed by atoms with Gasteiger partial charge in [-0.2, -0.15) is 5.26 Å². The fourth-order valence-electron chi connectivity index (χ4n) is 1.53. The predicted molar refractivity (Wildman–Crippen MR) is 53.4 cm³/mol. The van der Waals surface area contributed by atoms with Crippen LogP contribution in [0, 0.1) is 11.3 Å². The molecule has 15 heavy (non-hydrogen) atoms. The number of hydrogen-bond acceptors (Lipinski definition) is 3. The number of aromatic nitrogens is 3. The van der Waals surface area contributed by atoms with Crippen LogP contribution in [-0.2, 0) is 13.6 Å². The van der Waals surface area contributed by atoms with Gasteiger partial charge in [0.1, 0.15) is 12.1 Å². The van der Waals surface area contributed by atoms with E-state index < -0.39 is 11.2 Å². The molecule has 0 atom stereocenters. The van der Waals surface area contributed by atoms with Crippen molar-refractivity contribution in [1.29, 1.82) is 5.26 Å². The minimum absolute atomic E-state index is 0.236. The van der Waals surface area contributed by atoms with Gasteiger partial charge in [-0.25, -0.2) is 9.36 Å². The van der Waals surface area contributed by atoms with Gasteiger partial charge in [-0.05, 0) is 6.07 Å². The number of aromatic amines is 1. The van der Waals surface area contributed by atoms with Crippen LogP contribution < -0.4 is 11.2 Å². The van der Waals surface area contributed by atoms with E-state index in [-0.39, 0.29) is 6.54 Å². The Balaban J connectivity index is 3.01. The predicted octanol–water partition coefficient (Wildman–Crippen LogP) is -0.448. The number of rotatable bonds is 1. The lowest BCUT2D eigenvalue weighted by molar-refractivity contribution is 0.676. The SMILES string of the molecule is Cn1c(=O)n(CC#N)c(=O)c2[nH]ccc21. The highest BCUT2D eigenvalue weighted by Crippen LogP contribution is 2.02. The fourth-order valence-corrected chi connectivity index (χ4v) is 1.53. The second-order valence-corrected chi connectivity index (χ2v) is 3.13. The average Bonchev–Trinajstić information content (AvgIpc) is 2.70. The van der Waals surface area contributed by atoms with Gasteiger partial charge in [0, 0.05) is 13.2 Å². The molecule has 2 aromatic rings. The maximum Gasteiger partial charge on any atom is 0.332 e. The van der Waals surface area contributed by atoms with Crippen molar-refractivity contribution < 1.29 is 0 Å². The summed E-state index contributed by atoms with van der Waals surface area (Å²) in [4.78, 5) is 26.1. The van der Waals surface area contributed by atoms with Gasteiger partial charge in [0.05, 0.1) is 11.6 Å². The first-order valence-electron chi connectivity index (χ1n) is 4.30. The van der Waals surface area contributed by atoms with E-state index in [0.717, 1.165) is 4.57 Å². The number of nitriles is 1. The molecule has 6 nitrogen and oxygen atoms in total. The minimum atomic E-state index is -0.478. The normalized spacial score (nSPS) is 10.4. The molecule has 0 radical (unpaired) electrons. The molecule has 0 unspecified atom stereocenters. The Hall–Kier alpha value is -2.29. The standard InChI is InChI=1S/C9H8N4O2/c1-12-6-2-4-11-7(6)8(14)13(5-3-10)9(12)15/h2,4,11H,5H2,1H3. The fraction of sp³-hybridized carbons (Fsp3) is 0.222. The lowest BCUT2D eigenvalue weighted by Crippen LogP contribution is -2.38. The third kappa shape index (κ3) is 1.17. The highest BCUT2D eigenvalue weighted by Gasteiger charge is 2.10. The summed E-state index contributed by atoms with van der Waals surface area (Å²) >= 11 is 0. The van der Waals surface area contributed by atoms with Crippen molar-refractivity contribution in [3.05, 3.63) is 33.1 Å². The van der Waals surface area contributed by atoms with Gasteiger partial charge in [0.15, 0.2) is 0 Å². The summed E-state index contributed by atoms with van der Waals surface area (Å²) in [6.45, 7) is -0.236. The Morgan fingerprint density at radius 1 is 1.53 bits per heavy atom. The zero-order valence-electron chi connectivity index (χ0n) is 8.02. The van der Waals surface area contributed by atoms with Gasteiger partial charge >= 0.3 is 5.69 Å². The summed E-state index contributed by atoms with van der Waals surface area (Å²) in [5.74, 6) is 0. The molecular formula is C9H8N4O2. The van der Waals surface area contributed by atoms with Crippen molar-refractivity contribution >= 4 is 11.0 Å². The van der Waals surface area contributed by atoms with Gasteiger partial charge in [0.25, 0.3) is 5.56 Å². The van der Waals surface area contributed by atoms with E-state index in [2.05, 4.69) is 4.98 Å². The average molecular weight is 204 g/mol. The Morgan fingerprint density at radius 3 is 2.93 bits per heavy atom. The van der Waals surface area contributed by atoms with Crippen LogP contribution in [0.1, 0.15) is 0 Å². The van der Waals surface area contributed by atoms with E-state index in [1.165, 1.54) is 4.57 Å². The lowest BCUT2D eigenvalue weighted by atomic mass is 10.4. The molecule has 0 saturated heterocycles. The first-order chi connectivity index (χ1) is 7.16. The Kier molecular flexibility index (Phi) is 1.94. The smallest absolute Gasteiger partial charge is 0.332 e. The molecule has 0 fully saturated rings. The Bertz CT molecular complexity index is 668. The quantitative estimate of drug-likeness (QED) is 0.683. The van der Waals surface area contributed by atoms with Crippen LogP contribution in [0.3, 0.4) is 0 Å². The topological polar surface area (TPSA) is 83.6 Å². The number of H-pyrrole nitrogens is 1. The summed E-state index contributed by atoms with van der Waals surface area (Å²) in [6, 6.07) is 3.43. The number of aryl methyl sites for hydroxylation is 1. The molecule has 1 N–H and O–H groups in total. The van der Waals surface area contributed by atoms with E-state index in [4.69, 9.17) is 5.26 Å². The van der Waals surface area contributed by atoms with Crippen molar-refractivity contribution in [2.45, 2.75) is 6.54 Å². The largest absolute Gasteiger partial charge is 0.355 e. The van der Waals surface area contributed by atoms with Crippen LogP contribution >= 0.6 is 0 Å². The summed E-state index contributed by atoms with van der Waals surface area (Å²) in [5.41, 5.74) is -0.0557. The maximum atomic E-state index is 11.7. The van der Waals surface area contributed by atoms with E-state index in [1.54, 1.807) is 25.4 Å². The number of nitrogens with zero attached hydrogens (tertiary/aromatic N) is 3. The molecule has 0 aromatic carbocycles. The first-order valence-corrected chi connectivity index (χ1v) is 4.30. The van der Waals surface area contributed by atoms with Crippen molar-refractivity contribution in [3.8, 4) is 6.07 Å². The summed E-state index contributed by atoms with van der Waals surface area (Å²) in [5, 5.41) is 8.51. The molecule has 0 aliphatic carbocycles. The van der Waals surface area contributed by atoms with Crippen molar-refractivity contribution in [2.75, 3.05) is 0 Å². The van der Waals surface area contributed by atoms with E-state index in [9.17, 15) is 9.59 Å². The highest BCUT2D eigenvalue weighted by molar-refractivity contribution is 5.73. The zero-order chi connectivity index (χ0) is 11.0. The molecule has 0 aliphatic rings. The van der Waals surface area contributed by atoms with Crippen LogP contribution in [0.2, 0.25) is 0 Å². The third-order valence-electron chi connectivity index (χ3n) is 2.29. The van der Waals surface area contributed by atoms with Gasteiger partial charge in [0.2, 0.25) is 0 Å². The number of nitrogens with one attached hydrogen (secondary N) is 1. The molecule has 0 amide bonds. The molecule has 6 heteroatoms. The van der Waals surface area contributed by atoms with Crippen LogP contribution in [0.5, 0.6) is 0 Å². The Labute approximate surface area is 84.0 Å². The van der Waals surface area contributed by atoms with E-state index >= 15 is 0 Å². The van der Waals surface area contributed by atoms with Crippen LogP contribution in [0.25, 0.3) is 11.0 Å². The zero-order valence-corrected chi connectivity index (χ0v) is 8.02. The highest BCUT2D eigenvalue weighted by atomic mass is 16.2. The molecule has 0 bridgehead atoms. The number of fused-ring (bicyclic) bond motifs is 1. The third-order valence-corrected chi connectivity index (χ3v) is 2.29. The van der Waals surface area contributed by atoms with Crippen LogP contribution in [-0.4, -0.2) is 14.1 Å². The molecule has 76 valence electrons. The van der Waals surface area contributed by atoms with Gasteiger partial charge in [-0.3, -0.25) is 9.36 Å². The molecule has 0 saturated carbocycles. The summed E-state index contributed by atoms with van der Waals surface area (Å²) in [7, 11) is 1.56. The van der Waals surface area contributed by atoms with E-state index in [1.807, 2.05) is 0 Å². The van der Waals surface area contributed by atoms with Crippen molar-refractivity contribution in [3.63, 3.8) is 0 Å².